The van der Waals surface area contributed by atoms with Crippen molar-refractivity contribution in [3.05, 3.63) is 30.0 Å². The van der Waals surface area contributed by atoms with Crippen LogP contribution in [0.4, 0.5) is 0 Å². The lowest BCUT2D eigenvalue weighted by Gasteiger charge is -2.31. The average molecular weight is 287 g/mol. The zero-order chi connectivity index (χ0) is 15.6. The fourth-order valence-electron chi connectivity index (χ4n) is 2.74. The first-order chi connectivity index (χ1) is 9.79. The van der Waals surface area contributed by atoms with E-state index in [2.05, 4.69) is 64.2 Å². The highest BCUT2D eigenvalue weighted by Gasteiger charge is 2.26. The number of fused-ring (bicyclic) bond motifs is 1. The third-order valence-corrected chi connectivity index (χ3v) is 4.27. The van der Waals surface area contributed by atoms with Crippen molar-refractivity contribution < 1.29 is 0 Å². The number of nitrogens with one attached hydrogen (secondary N) is 1. The first-order valence-electron chi connectivity index (χ1n) is 7.93. The molecule has 1 unspecified atom stereocenters. The summed E-state index contributed by atoms with van der Waals surface area (Å²) in [7, 11) is 2.03. The summed E-state index contributed by atoms with van der Waals surface area (Å²) in [5.74, 6) is 0.568. The number of para-hydroxylation sites is 1. The summed E-state index contributed by atoms with van der Waals surface area (Å²) >= 11 is 0. The van der Waals surface area contributed by atoms with Gasteiger partial charge in [-0.15, -0.1) is 0 Å². The topological polar surface area (TPSA) is 29.9 Å². The average Bonchev–Trinajstić information content (AvgIpc) is 2.70. The van der Waals surface area contributed by atoms with Gasteiger partial charge in [0.15, 0.2) is 0 Å². The van der Waals surface area contributed by atoms with E-state index in [4.69, 9.17) is 5.10 Å². The molecule has 116 valence electrons. The van der Waals surface area contributed by atoms with E-state index >= 15 is 0 Å². The normalized spacial score (nSPS) is 14.0. The number of aryl methyl sites for hydroxylation is 1. The predicted octanol–water partition coefficient (Wildman–Crippen LogP) is 3.78. The Kier molecular flexibility index (Phi) is 4.72. The molecule has 0 bridgehead atoms. The third-order valence-electron chi connectivity index (χ3n) is 4.27. The summed E-state index contributed by atoms with van der Waals surface area (Å²) in [6.07, 6.45) is 1.02. The summed E-state index contributed by atoms with van der Waals surface area (Å²) in [6, 6.07) is 9.04. The molecule has 21 heavy (non-hydrogen) atoms. The van der Waals surface area contributed by atoms with Gasteiger partial charge in [0.25, 0.3) is 0 Å². The van der Waals surface area contributed by atoms with Crippen LogP contribution in [0.25, 0.3) is 10.9 Å². The lowest BCUT2D eigenvalue weighted by Crippen LogP contribution is -2.36. The maximum absolute atomic E-state index is 4.76. The molecule has 2 aromatic rings. The monoisotopic (exact) mass is 287 g/mol. The summed E-state index contributed by atoms with van der Waals surface area (Å²) in [4.78, 5) is 0. The molecule has 0 aliphatic rings. The Morgan fingerprint density at radius 2 is 1.86 bits per heavy atom. The van der Waals surface area contributed by atoms with Crippen LogP contribution in [0.1, 0.15) is 40.3 Å². The Labute approximate surface area is 128 Å². The van der Waals surface area contributed by atoms with Crippen LogP contribution < -0.4 is 5.32 Å². The molecule has 3 nitrogen and oxygen atoms in total. The van der Waals surface area contributed by atoms with Crippen LogP contribution in [0.2, 0.25) is 0 Å². The summed E-state index contributed by atoms with van der Waals surface area (Å²) in [5, 5.41) is 9.64. The Bertz CT molecular complexity index is 590. The van der Waals surface area contributed by atoms with E-state index in [1.165, 1.54) is 16.6 Å². The van der Waals surface area contributed by atoms with Crippen molar-refractivity contribution in [2.75, 3.05) is 6.54 Å². The molecule has 1 N–H and O–H groups in total. The van der Waals surface area contributed by atoms with E-state index in [1.807, 2.05) is 11.7 Å². The number of aromatic nitrogens is 2. The van der Waals surface area contributed by atoms with Crippen LogP contribution in [0.15, 0.2) is 24.3 Å². The first kappa shape index (κ1) is 16.0. The minimum Gasteiger partial charge on any atom is -0.314 e. The van der Waals surface area contributed by atoms with Gasteiger partial charge >= 0.3 is 0 Å². The van der Waals surface area contributed by atoms with Crippen molar-refractivity contribution in [2.24, 2.45) is 18.4 Å². The fourth-order valence-corrected chi connectivity index (χ4v) is 2.74. The van der Waals surface area contributed by atoms with Gasteiger partial charge in [0.1, 0.15) is 0 Å². The largest absolute Gasteiger partial charge is 0.314 e. The maximum atomic E-state index is 4.76. The second-order valence-electron chi connectivity index (χ2n) is 7.42. The van der Waals surface area contributed by atoms with Gasteiger partial charge in [-0.25, -0.2) is 0 Å². The molecule has 0 spiro atoms. The standard InChI is InChI=1S/C18H29N3/c1-13(2)19-12-14(18(3,4)5)11-16-15-9-7-8-10-17(15)21(6)20-16/h7-10,13-14,19H,11-12H2,1-6H3. The van der Waals surface area contributed by atoms with Crippen LogP contribution >= 0.6 is 0 Å². The summed E-state index contributed by atoms with van der Waals surface area (Å²) in [5.41, 5.74) is 2.70. The van der Waals surface area contributed by atoms with E-state index in [0.717, 1.165) is 13.0 Å². The van der Waals surface area contributed by atoms with Gasteiger partial charge < -0.3 is 5.32 Å². The lowest BCUT2D eigenvalue weighted by atomic mass is 9.77. The highest BCUT2D eigenvalue weighted by molar-refractivity contribution is 5.81. The van der Waals surface area contributed by atoms with E-state index in [1.54, 1.807) is 0 Å². The molecule has 0 fully saturated rings. The minimum absolute atomic E-state index is 0.264. The minimum atomic E-state index is 0.264. The van der Waals surface area contributed by atoms with Gasteiger partial charge in [-0.3, -0.25) is 4.68 Å². The molecule has 0 amide bonds. The highest BCUT2D eigenvalue weighted by atomic mass is 15.3. The second kappa shape index (κ2) is 6.18. The number of nitrogens with zero attached hydrogens (tertiary/aromatic N) is 2. The van der Waals surface area contributed by atoms with Crippen LogP contribution in [0, 0.1) is 11.3 Å². The van der Waals surface area contributed by atoms with Gasteiger partial charge in [-0.2, -0.15) is 5.10 Å². The van der Waals surface area contributed by atoms with Crippen molar-refractivity contribution in [3.63, 3.8) is 0 Å². The molecule has 1 aromatic heterocycles. The van der Waals surface area contributed by atoms with Crippen LogP contribution in [-0.2, 0) is 13.5 Å². The molecule has 0 radical (unpaired) electrons. The predicted molar refractivity (Wildman–Crippen MR) is 90.5 cm³/mol. The zero-order valence-electron chi connectivity index (χ0n) is 14.3. The zero-order valence-corrected chi connectivity index (χ0v) is 14.3. The van der Waals surface area contributed by atoms with E-state index in [0.29, 0.717) is 12.0 Å². The van der Waals surface area contributed by atoms with Crippen molar-refractivity contribution in [1.29, 1.82) is 0 Å². The van der Waals surface area contributed by atoms with Gasteiger partial charge in [0.2, 0.25) is 0 Å². The highest BCUT2D eigenvalue weighted by Crippen LogP contribution is 2.30. The molecule has 0 aliphatic heterocycles. The molecule has 0 saturated heterocycles. The number of rotatable bonds is 5. The first-order valence-corrected chi connectivity index (χ1v) is 7.93. The molecule has 2 rings (SSSR count). The summed E-state index contributed by atoms with van der Waals surface area (Å²) < 4.78 is 2.00. The van der Waals surface area contributed by atoms with Crippen molar-refractivity contribution in [1.82, 2.24) is 15.1 Å². The van der Waals surface area contributed by atoms with Crippen LogP contribution in [-0.4, -0.2) is 22.4 Å². The molecule has 3 heteroatoms. The molecule has 1 heterocycles. The van der Waals surface area contributed by atoms with Crippen molar-refractivity contribution in [3.8, 4) is 0 Å². The van der Waals surface area contributed by atoms with Crippen LogP contribution in [0.5, 0.6) is 0 Å². The fraction of sp³-hybridized carbons (Fsp3) is 0.611. The smallest absolute Gasteiger partial charge is 0.0706 e. The van der Waals surface area contributed by atoms with Gasteiger partial charge in [0, 0.05) is 18.5 Å². The second-order valence-corrected chi connectivity index (χ2v) is 7.42. The van der Waals surface area contributed by atoms with Gasteiger partial charge in [0.05, 0.1) is 11.2 Å². The van der Waals surface area contributed by atoms with Gasteiger partial charge in [-0.1, -0.05) is 52.8 Å². The SMILES string of the molecule is CC(C)NCC(Cc1nn(C)c2ccccc12)C(C)(C)C. The number of hydrogen-bond acceptors (Lipinski definition) is 2. The summed E-state index contributed by atoms with van der Waals surface area (Å²) in [6.45, 7) is 12.4. The van der Waals surface area contributed by atoms with E-state index < -0.39 is 0 Å². The quantitative estimate of drug-likeness (QED) is 0.907. The van der Waals surface area contributed by atoms with E-state index in [9.17, 15) is 0 Å². The Hall–Kier alpha value is -1.35. The van der Waals surface area contributed by atoms with Crippen molar-refractivity contribution >= 4 is 10.9 Å². The maximum Gasteiger partial charge on any atom is 0.0706 e. The van der Waals surface area contributed by atoms with Crippen molar-refractivity contribution in [2.45, 2.75) is 47.1 Å². The molecule has 0 aliphatic carbocycles. The van der Waals surface area contributed by atoms with Crippen LogP contribution in [0.3, 0.4) is 0 Å². The molecular weight excluding hydrogens is 258 g/mol. The Morgan fingerprint density at radius 3 is 2.48 bits per heavy atom. The van der Waals surface area contributed by atoms with E-state index in [-0.39, 0.29) is 5.41 Å². The lowest BCUT2D eigenvalue weighted by molar-refractivity contribution is 0.225. The number of hydrogen-bond donors (Lipinski definition) is 1. The molecule has 1 atom stereocenters. The Balaban J connectivity index is 2.26. The molecule has 0 saturated carbocycles. The number of benzene rings is 1. The molecule has 1 aromatic carbocycles. The molecular formula is C18H29N3. The third kappa shape index (κ3) is 3.85. The Morgan fingerprint density at radius 1 is 1.19 bits per heavy atom. The van der Waals surface area contributed by atoms with Gasteiger partial charge in [-0.05, 0) is 30.4 Å².